The van der Waals surface area contributed by atoms with Crippen LogP contribution in [0.3, 0.4) is 0 Å². The van der Waals surface area contributed by atoms with Crippen molar-refractivity contribution in [2.75, 3.05) is 0 Å². The third kappa shape index (κ3) is 4.48. The number of nitriles is 1. The molecule has 1 heterocycles. The van der Waals surface area contributed by atoms with Gasteiger partial charge in [-0.05, 0) is 78.6 Å². The minimum atomic E-state index is 0.277. The molecule has 2 atom stereocenters. The summed E-state index contributed by atoms with van der Waals surface area (Å²) in [5, 5.41) is 15.1. The van der Waals surface area contributed by atoms with Gasteiger partial charge < -0.3 is 9.26 Å². The van der Waals surface area contributed by atoms with Gasteiger partial charge in [0.25, 0.3) is 0 Å². The molecular weight excluding hydrogens is 515 g/mol. The number of nitrogens with zero attached hydrogens (tertiary/aromatic N) is 2. The predicted octanol–water partition coefficient (Wildman–Crippen LogP) is 8.90. The van der Waals surface area contributed by atoms with Crippen molar-refractivity contribution in [3.8, 4) is 23.1 Å². The van der Waals surface area contributed by atoms with E-state index in [9.17, 15) is 0 Å². The molecule has 4 nitrogen and oxygen atoms in total. The molecule has 2 fully saturated rings. The summed E-state index contributed by atoms with van der Waals surface area (Å²) in [6, 6.07) is 21.2. The first-order valence-corrected chi connectivity index (χ1v) is 13.0. The highest BCUT2D eigenvalue weighted by Crippen LogP contribution is 2.56. The first-order valence-electron chi connectivity index (χ1n) is 11.9. The summed E-state index contributed by atoms with van der Waals surface area (Å²) in [6.45, 7) is 0.277. The maximum atomic E-state index is 9.02. The van der Waals surface area contributed by atoms with Gasteiger partial charge in [0.05, 0.1) is 27.2 Å². The molecule has 2 aliphatic rings. The third-order valence-corrected chi connectivity index (χ3v) is 7.94. The lowest BCUT2D eigenvalue weighted by Gasteiger charge is -2.11. The summed E-state index contributed by atoms with van der Waals surface area (Å²) < 4.78 is 11.9. The highest BCUT2D eigenvalue weighted by atomic mass is 35.5. The normalized spacial score (nSPS) is 18.6. The van der Waals surface area contributed by atoms with Crippen LogP contribution >= 0.6 is 34.8 Å². The van der Waals surface area contributed by atoms with Gasteiger partial charge in [-0.15, -0.1) is 0 Å². The fraction of sp³-hybridized carbons (Fsp3) is 0.241. The van der Waals surface area contributed by atoms with E-state index in [1.807, 2.05) is 48.5 Å². The van der Waals surface area contributed by atoms with Crippen LogP contribution in [0.2, 0.25) is 15.1 Å². The first kappa shape index (κ1) is 23.4. The van der Waals surface area contributed by atoms with Crippen molar-refractivity contribution in [1.82, 2.24) is 5.16 Å². The molecule has 2 saturated carbocycles. The summed E-state index contributed by atoms with van der Waals surface area (Å²) in [6.07, 6.45) is 3.18. The minimum Gasteiger partial charge on any atom is -0.489 e. The van der Waals surface area contributed by atoms with Gasteiger partial charge in [-0.2, -0.15) is 5.26 Å². The second-order valence-corrected chi connectivity index (χ2v) is 10.6. The van der Waals surface area contributed by atoms with Crippen molar-refractivity contribution in [2.24, 2.45) is 0 Å². The van der Waals surface area contributed by atoms with Crippen molar-refractivity contribution in [1.29, 1.82) is 5.26 Å². The van der Waals surface area contributed by atoms with Crippen LogP contribution in [-0.2, 0) is 6.61 Å². The molecular formula is C29H21Cl3N2O2. The summed E-state index contributed by atoms with van der Waals surface area (Å²) in [5.41, 5.74) is 5.18. The zero-order valence-electron chi connectivity index (χ0n) is 19.2. The summed E-state index contributed by atoms with van der Waals surface area (Å²) >= 11 is 19.6. The highest BCUT2D eigenvalue weighted by molar-refractivity contribution is 6.39. The lowest BCUT2D eigenvalue weighted by Crippen LogP contribution is -2.00. The predicted molar refractivity (Wildman–Crippen MR) is 141 cm³/mol. The zero-order chi connectivity index (χ0) is 24.8. The Bertz CT molecular complexity index is 1470. The van der Waals surface area contributed by atoms with Crippen LogP contribution in [0.5, 0.6) is 5.75 Å². The van der Waals surface area contributed by atoms with Gasteiger partial charge >= 0.3 is 0 Å². The van der Waals surface area contributed by atoms with E-state index in [1.54, 1.807) is 12.1 Å². The highest BCUT2D eigenvalue weighted by Gasteiger charge is 2.40. The molecule has 0 bridgehead atoms. The summed E-state index contributed by atoms with van der Waals surface area (Å²) in [5.74, 6) is 2.66. The van der Waals surface area contributed by atoms with Gasteiger partial charge in [0, 0.05) is 16.5 Å². The minimum absolute atomic E-state index is 0.277. The maximum Gasteiger partial charge on any atom is 0.147 e. The third-order valence-electron chi connectivity index (χ3n) is 6.98. The Morgan fingerprint density at radius 3 is 2.36 bits per heavy atom. The number of hydrogen-bond acceptors (Lipinski definition) is 4. The molecule has 0 N–H and O–H groups in total. The van der Waals surface area contributed by atoms with Crippen molar-refractivity contribution >= 4 is 34.8 Å². The molecule has 2 unspecified atom stereocenters. The summed E-state index contributed by atoms with van der Waals surface area (Å²) in [7, 11) is 0. The van der Waals surface area contributed by atoms with Gasteiger partial charge in [-0.3, -0.25) is 0 Å². The molecule has 180 valence electrons. The number of aromatic nitrogens is 1. The molecule has 4 aromatic rings. The molecule has 0 saturated heterocycles. The molecule has 1 aromatic heterocycles. The molecule has 7 heteroatoms. The fourth-order valence-electron chi connectivity index (χ4n) is 4.81. The monoisotopic (exact) mass is 534 g/mol. The van der Waals surface area contributed by atoms with Crippen molar-refractivity contribution in [3.63, 3.8) is 0 Å². The maximum absolute atomic E-state index is 9.02. The van der Waals surface area contributed by atoms with Crippen LogP contribution in [0.25, 0.3) is 11.3 Å². The van der Waals surface area contributed by atoms with Crippen LogP contribution < -0.4 is 4.74 Å². The second-order valence-electron chi connectivity index (χ2n) is 9.40. The molecule has 6 rings (SSSR count). The van der Waals surface area contributed by atoms with Gasteiger partial charge in [0.2, 0.25) is 0 Å². The number of halogens is 3. The van der Waals surface area contributed by atoms with E-state index < -0.39 is 0 Å². The van der Waals surface area contributed by atoms with Crippen LogP contribution in [0.1, 0.15) is 65.0 Å². The van der Waals surface area contributed by atoms with Crippen LogP contribution in [0, 0.1) is 11.3 Å². The van der Waals surface area contributed by atoms with Crippen molar-refractivity contribution in [3.05, 3.63) is 104 Å². The van der Waals surface area contributed by atoms with Crippen molar-refractivity contribution in [2.45, 2.75) is 43.6 Å². The van der Waals surface area contributed by atoms with E-state index in [0.29, 0.717) is 55.4 Å². The quantitative estimate of drug-likeness (QED) is 0.237. The van der Waals surface area contributed by atoms with E-state index in [2.05, 4.69) is 11.2 Å². The van der Waals surface area contributed by atoms with E-state index in [1.165, 1.54) is 5.56 Å². The van der Waals surface area contributed by atoms with Crippen LogP contribution in [-0.4, -0.2) is 5.16 Å². The second kappa shape index (κ2) is 9.48. The topological polar surface area (TPSA) is 59.0 Å². The largest absolute Gasteiger partial charge is 0.489 e. The average Bonchev–Trinajstić information content (AvgIpc) is 3.81. The Morgan fingerprint density at radius 2 is 1.69 bits per heavy atom. The Morgan fingerprint density at radius 1 is 0.944 bits per heavy atom. The van der Waals surface area contributed by atoms with E-state index >= 15 is 0 Å². The van der Waals surface area contributed by atoms with Gasteiger partial charge in [-0.25, -0.2) is 0 Å². The average molecular weight is 536 g/mol. The van der Waals surface area contributed by atoms with Gasteiger partial charge in [0.15, 0.2) is 0 Å². The van der Waals surface area contributed by atoms with E-state index in [4.69, 9.17) is 49.3 Å². The lowest BCUT2D eigenvalue weighted by molar-refractivity contribution is 0.300. The molecule has 0 spiro atoms. The summed E-state index contributed by atoms with van der Waals surface area (Å²) in [4.78, 5) is 0. The Hall–Kier alpha value is -2.97. The SMILES string of the molecule is N#Cc1ccc(C2CC2c2ccc(OCc3c(-c4c(Cl)cccc4Cl)noc3C3CC3)cc2Cl)cc1. The Labute approximate surface area is 224 Å². The number of rotatable bonds is 7. The van der Waals surface area contributed by atoms with Gasteiger partial charge in [0.1, 0.15) is 23.8 Å². The fourth-order valence-corrected chi connectivity index (χ4v) is 5.70. The van der Waals surface area contributed by atoms with E-state index in [0.717, 1.165) is 36.1 Å². The lowest BCUT2D eigenvalue weighted by atomic mass is 10.0. The number of ether oxygens (including phenoxy) is 1. The van der Waals surface area contributed by atoms with Gasteiger partial charge in [-0.1, -0.05) is 64.2 Å². The Balaban J connectivity index is 1.21. The first-order chi connectivity index (χ1) is 17.5. The number of benzene rings is 3. The molecule has 0 aliphatic heterocycles. The van der Waals surface area contributed by atoms with E-state index in [-0.39, 0.29) is 6.61 Å². The molecule has 3 aromatic carbocycles. The number of hydrogen-bond donors (Lipinski definition) is 0. The zero-order valence-corrected chi connectivity index (χ0v) is 21.4. The molecule has 36 heavy (non-hydrogen) atoms. The Kier molecular flexibility index (Phi) is 6.17. The molecule has 0 amide bonds. The van der Waals surface area contributed by atoms with Crippen molar-refractivity contribution < 1.29 is 9.26 Å². The standard InChI is InChI=1S/C29H21Cl3N2O2/c30-24-2-1-3-25(31)27(24)28-23(29(36-34-28)18-8-9-18)15-35-19-10-11-20(26(32)12-19)22-13-21(22)17-6-4-16(14-33)5-7-17/h1-7,10-12,18,21-22H,8-9,13,15H2. The van der Waals surface area contributed by atoms with Crippen LogP contribution in [0.4, 0.5) is 0 Å². The van der Waals surface area contributed by atoms with Crippen LogP contribution in [0.15, 0.2) is 65.2 Å². The molecule has 0 radical (unpaired) electrons. The smallest absolute Gasteiger partial charge is 0.147 e. The molecule has 2 aliphatic carbocycles.